The number of aromatic amines is 1. The molecule has 8 heteroatoms. The van der Waals surface area contributed by atoms with Gasteiger partial charge in [-0.3, -0.25) is 20.1 Å². The number of anilines is 1. The number of H-pyrrole nitrogens is 1. The van der Waals surface area contributed by atoms with Crippen LogP contribution >= 0.6 is 11.6 Å². The van der Waals surface area contributed by atoms with Gasteiger partial charge in [0.1, 0.15) is 0 Å². The first-order valence-electron chi connectivity index (χ1n) is 9.22. The first kappa shape index (κ1) is 19.8. The Labute approximate surface area is 164 Å². The zero-order chi connectivity index (χ0) is 19.6. The molecule has 0 saturated carbocycles. The molecule has 1 saturated heterocycles. The van der Waals surface area contributed by atoms with Crippen molar-refractivity contribution in [2.24, 2.45) is 5.92 Å². The van der Waals surface area contributed by atoms with Crippen molar-refractivity contribution < 1.29 is 9.53 Å². The van der Waals surface area contributed by atoms with Gasteiger partial charge in [-0.2, -0.15) is 4.98 Å². The Morgan fingerprint density at radius 3 is 2.59 bits per heavy atom. The molecule has 0 bridgehead atoms. The zero-order valence-electron chi connectivity index (χ0n) is 16.1. The van der Waals surface area contributed by atoms with Gasteiger partial charge in [0.25, 0.3) is 0 Å². The molecular weight excluding hydrogens is 366 g/mol. The van der Waals surface area contributed by atoms with Gasteiger partial charge in [-0.15, -0.1) is 5.10 Å². The average Bonchev–Trinajstić information content (AvgIpc) is 3.02. The number of halogens is 1. The fourth-order valence-electron chi connectivity index (χ4n) is 3.61. The zero-order valence-corrected chi connectivity index (χ0v) is 16.8. The van der Waals surface area contributed by atoms with Gasteiger partial charge in [-0.1, -0.05) is 37.6 Å². The summed E-state index contributed by atoms with van der Waals surface area (Å²) in [6, 6.07) is 7.08. The van der Waals surface area contributed by atoms with Crippen LogP contribution in [0.2, 0.25) is 5.02 Å². The van der Waals surface area contributed by atoms with Crippen LogP contribution in [-0.2, 0) is 9.53 Å². The van der Waals surface area contributed by atoms with Crippen molar-refractivity contribution >= 4 is 23.5 Å². The van der Waals surface area contributed by atoms with Crippen LogP contribution in [0.5, 0.6) is 0 Å². The summed E-state index contributed by atoms with van der Waals surface area (Å²) in [5, 5.41) is 10.4. The molecular formula is C19H26ClN5O2. The molecule has 1 aromatic heterocycles. The normalized spacial score (nSPS) is 22.0. The molecule has 27 heavy (non-hydrogen) atoms. The van der Waals surface area contributed by atoms with E-state index < -0.39 is 0 Å². The fraction of sp³-hybridized carbons (Fsp3) is 0.526. The third-order valence-electron chi connectivity index (χ3n) is 4.59. The Kier molecular flexibility index (Phi) is 6.14. The Morgan fingerprint density at radius 2 is 1.96 bits per heavy atom. The average molecular weight is 392 g/mol. The molecule has 2 N–H and O–H groups in total. The highest BCUT2D eigenvalue weighted by Gasteiger charge is 2.34. The molecule has 1 aromatic carbocycles. The third-order valence-corrected chi connectivity index (χ3v) is 4.92. The Hall–Kier alpha value is -1.96. The Balaban J connectivity index is 1.74. The quantitative estimate of drug-likeness (QED) is 0.817. The summed E-state index contributed by atoms with van der Waals surface area (Å²) in [4.78, 5) is 19.5. The maximum atomic E-state index is 13.0. The molecule has 2 aromatic rings. The van der Waals surface area contributed by atoms with Crippen LogP contribution in [0.4, 0.5) is 5.95 Å². The smallest absolute Gasteiger partial charge is 0.249 e. The fourth-order valence-corrected chi connectivity index (χ4v) is 3.84. The van der Waals surface area contributed by atoms with Crippen molar-refractivity contribution in [2.45, 2.75) is 45.9 Å². The molecule has 1 fully saturated rings. The van der Waals surface area contributed by atoms with Gasteiger partial charge in [0, 0.05) is 18.7 Å². The van der Waals surface area contributed by atoms with E-state index in [1.807, 2.05) is 45.9 Å². The summed E-state index contributed by atoms with van der Waals surface area (Å²) >= 11 is 6.20. The molecule has 3 atom stereocenters. The molecule has 0 aliphatic carbocycles. The lowest BCUT2D eigenvalue weighted by atomic mass is 10.00. The lowest BCUT2D eigenvalue weighted by molar-refractivity contribution is -0.130. The van der Waals surface area contributed by atoms with E-state index in [9.17, 15) is 4.79 Å². The van der Waals surface area contributed by atoms with Crippen LogP contribution in [0.3, 0.4) is 0 Å². The summed E-state index contributed by atoms with van der Waals surface area (Å²) in [5.74, 6) is 0.793. The number of amides is 1. The van der Waals surface area contributed by atoms with Crippen molar-refractivity contribution in [1.29, 1.82) is 0 Å². The van der Waals surface area contributed by atoms with Crippen LogP contribution in [0, 0.1) is 5.92 Å². The predicted molar refractivity (Wildman–Crippen MR) is 106 cm³/mol. The van der Waals surface area contributed by atoms with Crippen molar-refractivity contribution in [3.63, 3.8) is 0 Å². The number of benzene rings is 1. The SMILES string of the molecule is CC1CN(C(C(=O)Nc2n[nH]c(-c3ccccc3Cl)n2)C(C)C)CC(C)O1. The van der Waals surface area contributed by atoms with Gasteiger partial charge < -0.3 is 4.74 Å². The lowest BCUT2D eigenvalue weighted by Crippen LogP contribution is -2.55. The van der Waals surface area contributed by atoms with E-state index in [0.717, 1.165) is 18.7 Å². The van der Waals surface area contributed by atoms with Crippen LogP contribution in [0.15, 0.2) is 24.3 Å². The summed E-state index contributed by atoms with van der Waals surface area (Å²) in [7, 11) is 0. The third kappa shape index (κ3) is 4.66. The predicted octanol–water partition coefficient (Wildman–Crippen LogP) is 3.20. The number of aromatic nitrogens is 3. The van der Waals surface area contributed by atoms with E-state index in [1.54, 1.807) is 6.07 Å². The molecule has 2 heterocycles. The number of nitrogens with one attached hydrogen (secondary N) is 2. The minimum Gasteiger partial charge on any atom is -0.373 e. The van der Waals surface area contributed by atoms with Crippen LogP contribution in [0.25, 0.3) is 11.4 Å². The molecule has 7 nitrogen and oxygen atoms in total. The standard InChI is InChI=1S/C19H26ClN5O2/c1-11(2)16(25-9-12(3)27-13(4)10-25)18(26)22-19-21-17(23-24-19)14-7-5-6-8-15(14)20/h5-8,11-13,16H,9-10H2,1-4H3,(H2,21,22,23,24,26). The van der Waals surface area contributed by atoms with Gasteiger partial charge >= 0.3 is 0 Å². The summed E-state index contributed by atoms with van der Waals surface area (Å²) in [6.45, 7) is 9.59. The topological polar surface area (TPSA) is 83.1 Å². The monoisotopic (exact) mass is 391 g/mol. The number of morpholine rings is 1. The highest BCUT2D eigenvalue weighted by Crippen LogP contribution is 2.25. The molecule has 3 unspecified atom stereocenters. The van der Waals surface area contributed by atoms with Crippen molar-refractivity contribution in [1.82, 2.24) is 20.1 Å². The van der Waals surface area contributed by atoms with Gasteiger partial charge in [0.2, 0.25) is 11.9 Å². The molecule has 0 radical (unpaired) electrons. The van der Waals surface area contributed by atoms with E-state index >= 15 is 0 Å². The maximum Gasteiger partial charge on any atom is 0.249 e. The van der Waals surface area contributed by atoms with Crippen LogP contribution in [0.1, 0.15) is 27.7 Å². The van der Waals surface area contributed by atoms with Crippen molar-refractivity contribution in [2.75, 3.05) is 18.4 Å². The second-order valence-electron chi connectivity index (χ2n) is 7.38. The van der Waals surface area contributed by atoms with E-state index in [0.29, 0.717) is 10.8 Å². The second-order valence-corrected chi connectivity index (χ2v) is 7.78. The Bertz CT molecular complexity index is 784. The van der Waals surface area contributed by atoms with Gasteiger partial charge in [-0.05, 0) is 31.9 Å². The summed E-state index contributed by atoms with van der Waals surface area (Å²) in [6.07, 6.45) is 0.191. The number of hydrogen-bond donors (Lipinski definition) is 2. The summed E-state index contributed by atoms with van der Waals surface area (Å²) < 4.78 is 5.79. The molecule has 146 valence electrons. The molecule has 1 aliphatic rings. The molecule has 0 spiro atoms. The molecule has 1 amide bonds. The van der Waals surface area contributed by atoms with E-state index in [2.05, 4.69) is 25.4 Å². The van der Waals surface area contributed by atoms with Gasteiger partial charge in [0.05, 0.1) is 23.3 Å². The number of carbonyl (C=O) groups excluding carboxylic acids is 1. The number of rotatable bonds is 5. The lowest BCUT2D eigenvalue weighted by Gasteiger charge is -2.40. The highest BCUT2D eigenvalue weighted by atomic mass is 35.5. The number of carbonyl (C=O) groups is 1. The van der Waals surface area contributed by atoms with Gasteiger partial charge in [-0.25, -0.2) is 0 Å². The van der Waals surface area contributed by atoms with E-state index in [4.69, 9.17) is 16.3 Å². The first-order valence-corrected chi connectivity index (χ1v) is 9.60. The van der Waals surface area contributed by atoms with Crippen LogP contribution < -0.4 is 5.32 Å². The Morgan fingerprint density at radius 1 is 1.30 bits per heavy atom. The largest absolute Gasteiger partial charge is 0.373 e. The highest BCUT2D eigenvalue weighted by molar-refractivity contribution is 6.33. The maximum absolute atomic E-state index is 13.0. The summed E-state index contributed by atoms with van der Waals surface area (Å²) in [5.41, 5.74) is 0.739. The van der Waals surface area contributed by atoms with Crippen LogP contribution in [-0.4, -0.2) is 57.3 Å². The van der Waals surface area contributed by atoms with Crippen molar-refractivity contribution in [3.05, 3.63) is 29.3 Å². The molecule has 3 rings (SSSR count). The minimum absolute atomic E-state index is 0.0955. The first-order chi connectivity index (χ1) is 12.8. The minimum atomic E-state index is -0.277. The number of hydrogen-bond acceptors (Lipinski definition) is 5. The van der Waals surface area contributed by atoms with Crippen molar-refractivity contribution in [3.8, 4) is 11.4 Å². The van der Waals surface area contributed by atoms with Gasteiger partial charge in [0.15, 0.2) is 5.82 Å². The van der Waals surface area contributed by atoms with E-state index in [1.165, 1.54) is 0 Å². The molecule has 1 aliphatic heterocycles. The number of ether oxygens (including phenoxy) is 1. The van der Waals surface area contributed by atoms with E-state index in [-0.39, 0.29) is 36.0 Å². The number of nitrogens with zero attached hydrogens (tertiary/aromatic N) is 3. The second kappa shape index (κ2) is 8.37.